The minimum absolute atomic E-state index is 0.0104. The standard InChI is InChI=1S/C23H32N2O6/c1-2-8-28-15-19(26)12-24-7-9-29-20(13-24)14-25(11-17-3-4-17)23(27)18-5-6-21-22(10-18)31-16-30-21/h2,5-6,10,17,19-20,26H,1,3-4,7-9,11-16H2/t19-,20+/m0/s1. The molecule has 3 aliphatic rings. The van der Waals surface area contributed by atoms with Gasteiger partial charge in [-0.05, 0) is 37.0 Å². The van der Waals surface area contributed by atoms with Gasteiger partial charge in [0.2, 0.25) is 6.79 Å². The highest BCUT2D eigenvalue weighted by molar-refractivity contribution is 5.95. The van der Waals surface area contributed by atoms with Crippen molar-refractivity contribution in [2.75, 3.05) is 59.3 Å². The highest BCUT2D eigenvalue weighted by Crippen LogP contribution is 2.34. The normalized spacial score (nSPS) is 21.6. The highest BCUT2D eigenvalue weighted by Gasteiger charge is 2.31. The summed E-state index contributed by atoms with van der Waals surface area (Å²) < 4.78 is 22.1. The van der Waals surface area contributed by atoms with Gasteiger partial charge in [0.25, 0.3) is 5.91 Å². The third kappa shape index (κ3) is 6.20. The van der Waals surface area contributed by atoms with Crippen molar-refractivity contribution in [1.29, 1.82) is 0 Å². The molecule has 4 rings (SSSR count). The first-order valence-electron chi connectivity index (χ1n) is 11.0. The minimum Gasteiger partial charge on any atom is -0.454 e. The number of rotatable bonds is 11. The molecular formula is C23H32N2O6. The van der Waals surface area contributed by atoms with Gasteiger partial charge >= 0.3 is 0 Å². The van der Waals surface area contributed by atoms with Crippen LogP contribution in [0.2, 0.25) is 0 Å². The summed E-state index contributed by atoms with van der Waals surface area (Å²) in [6.45, 7) is 8.32. The predicted molar refractivity (Wildman–Crippen MR) is 114 cm³/mol. The molecule has 1 aliphatic carbocycles. The van der Waals surface area contributed by atoms with Crippen LogP contribution in [-0.2, 0) is 9.47 Å². The molecule has 31 heavy (non-hydrogen) atoms. The molecule has 0 aromatic heterocycles. The molecule has 0 spiro atoms. The second kappa shape index (κ2) is 10.5. The lowest BCUT2D eigenvalue weighted by Gasteiger charge is -2.36. The van der Waals surface area contributed by atoms with Gasteiger partial charge in [-0.2, -0.15) is 0 Å². The Morgan fingerprint density at radius 2 is 2.16 bits per heavy atom. The first-order valence-corrected chi connectivity index (χ1v) is 11.0. The average molecular weight is 433 g/mol. The first kappa shape index (κ1) is 22.1. The van der Waals surface area contributed by atoms with Gasteiger partial charge in [0.15, 0.2) is 11.5 Å². The molecular weight excluding hydrogens is 400 g/mol. The van der Waals surface area contributed by atoms with E-state index < -0.39 is 6.10 Å². The lowest BCUT2D eigenvalue weighted by atomic mass is 10.1. The summed E-state index contributed by atoms with van der Waals surface area (Å²) in [5, 5.41) is 10.2. The Morgan fingerprint density at radius 3 is 2.97 bits per heavy atom. The number of amides is 1. The lowest BCUT2D eigenvalue weighted by Crippen LogP contribution is -2.51. The van der Waals surface area contributed by atoms with Gasteiger partial charge in [-0.25, -0.2) is 0 Å². The molecule has 2 atom stereocenters. The van der Waals surface area contributed by atoms with Crippen molar-refractivity contribution in [3.05, 3.63) is 36.4 Å². The number of hydrogen-bond acceptors (Lipinski definition) is 7. The van der Waals surface area contributed by atoms with Crippen LogP contribution in [-0.4, -0.2) is 92.4 Å². The van der Waals surface area contributed by atoms with Crippen LogP contribution in [0.15, 0.2) is 30.9 Å². The molecule has 8 heteroatoms. The van der Waals surface area contributed by atoms with Crippen molar-refractivity contribution >= 4 is 5.91 Å². The van der Waals surface area contributed by atoms with Crippen molar-refractivity contribution in [3.63, 3.8) is 0 Å². The molecule has 2 aliphatic heterocycles. The number of aliphatic hydroxyl groups is 1. The fourth-order valence-corrected chi connectivity index (χ4v) is 4.01. The fourth-order valence-electron chi connectivity index (χ4n) is 4.01. The number of carbonyl (C=O) groups is 1. The number of nitrogens with zero attached hydrogens (tertiary/aromatic N) is 2. The highest BCUT2D eigenvalue weighted by atomic mass is 16.7. The second-order valence-electron chi connectivity index (χ2n) is 8.45. The number of ether oxygens (including phenoxy) is 4. The number of aliphatic hydroxyl groups excluding tert-OH is 1. The molecule has 1 saturated carbocycles. The minimum atomic E-state index is -0.559. The summed E-state index contributed by atoms with van der Waals surface area (Å²) in [7, 11) is 0. The number of β-amino-alcohol motifs (C(OH)–C–C–N with tert-alkyl or cyclic N) is 1. The summed E-state index contributed by atoms with van der Waals surface area (Å²) in [6.07, 6.45) is 3.35. The largest absolute Gasteiger partial charge is 0.454 e. The maximum absolute atomic E-state index is 13.3. The van der Waals surface area contributed by atoms with Gasteiger partial charge < -0.3 is 29.0 Å². The molecule has 1 saturated heterocycles. The fraction of sp³-hybridized carbons (Fsp3) is 0.609. The maximum Gasteiger partial charge on any atom is 0.254 e. The molecule has 170 valence electrons. The third-order valence-corrected chi connectivity index (χ3v) is 5.74. The Bertz CT molecular complexity index is 768. The Morgan fingerprint density at radius 1 is 1.32 bits per heavy atom. The molecule has 1 N–H and O–H groups in total. The van der Waals surface area contributed by atoms with Crippen LogP contribution in [0.5, 0.6) is 11.5 Å². The van der Waals surface area contributed by atoms with E-state index >= 15 is 0 Å². The number of hydrogen-bond donors (Lipinski definition) is 1. The van der Waals surface area contributed by atoms with Crippen LogP contribution in [0.4, 0.5) is 0 Å². The molecule has 0 radical (unpaired) electrons. The molecule has 1 aromatic rings. The van der Waals surface area contributed by atoms with E-state index in [1.165, 1.54) is 12.8 Å². The number of morpholine rings is 1. The van der Waals surface area contributed by atoms with Gasteiger partial charge in [0.05, 0.1) is 32.0 Å². The Kier molecular flexibility index (Phi) is 7.45. The zero-order chi connectivity index (χ0) is 21.6. The van der Waals surface area contributed by atoms with Gasteiger partial charge in [-0.15, -0.1) is 6.58 Å². The van der Waals surface area contributed by atoms with Crippen molar-refractivity contribution in [3.8, 4) is 11.5 Å². The van der Waals surface area contributed by atoms with Gasteiger partial charge in [0, 0.05) is 38.3 Å². The van der Waals surface area contributed by atoms with Crippen LogP contribution >= 0.6 is 0 Å². The summed E-state index contributed by atoms with van der Waals surface area (Å²) in [4.78, 5) is 17.4. The average Bonchev–Trinajstić information content (AvgIpc) is 3.46. The van der Waals surface area contributed by atoms with E-state index in [2.05, 4.69) is 11.5 Å². The van der Waals surface area contributed by atoms with E-state index in [1.54, 1.807) is 24.3 Å². The van der Waals surface area contributed by atoms with E-state index in [0.717, 1.165) is 13.1 Å². The van der Waals surface area contributed by atoms with Gasteiger partial charge in [-0.1, -0.05) is 6.08 Å². The molecule has 1 amide bonds. The summed E-state index contributed by atoms with van der Waals surface area (Å²) in [6, 6.07) is 5.35. The summed E-state index contributed by atoms with van der Waals surface area (Å²) in [5.74, 6) is 1.85. The van der Waals surface area contributed by atoms with Crippen LogP contribution in [0.25, 0.3) is 0 Å². The first-order chi connectivity index (χ1) is 15.1. The zero-order valence-corrected chi connectivity index (χ0v) is 17.9. The number of fused-ring (bicyclic) bond motifs is 1. The zero-order valence-electron chi connectivity index (χ0n) is 17.9. The number of benzene rings is 1. The topological polar surface area (TPSA) is 80.7 Å². The van der Waals surface area contributed by atoms with E-state index in [4.69, 9.17) is 18.9 Å². The van der Waals surface area contributed by atoms with Crippen molar-refractivity contribution in [1.82, 2.24) is 9.80 Å². The van der Waals surface area contributed by atoms with Crippen LogP contribution in [0.3, 0.4) is 0 Å². The van der Waals surface area contributed by atoms with E-state index in [-0.39, 0.29) is 25.4 Å². The molecule has 2 fully saturated rings. The second-order valence-corrected chi connectivity index (χ2v) is 8.45. The molecule has 1 aromatic carbocycles. The van der Waals surface area contributed by atoms with E-state index in [0.29, 0.717) is 55.8 Å². The molecule has 2 heterocycles. The van der Waals surface area contributed by atoms with Gasteiger partial charge in [-0.3, -0.25) is 9.69 Å². The Balaban J connectivity index is 1.34. The Hall–Kier alpha value is -2.13. The van der Waals surface area contributed by atoms with Crippen molar-refractivity contribution < 1.29 is 28.8 Å². The Labute approximate surface area is 183 Å². The smallest absolute Gasteiger partial charge is 0.254 e. The molecule has 0 unspecified atom stereocenters. The SMILES string of the molecule is C=CCOC[C@@H](O)CN1CCO[C@@H](CN(CC2CC2)C(=O)c2ccc3c(c2)OCO3)C1. The van der Waals surface area contributed by atoms with Crippen molar-refractivity contribution in [2.24, 2.45) is 5.92 Å². The summed E-state index contributed by atoms with van der Waals surface area (Å²) >= 11 is 0. The lowest BCUT2D eigenvalue weighted by molar-refractivity contribution is -0.0578. The maximum atomic E-state index is 13.3. The van der Waals surface area contributed by atoms with Gasteiger partial charge in [0.1, 0.15) is 0 Å². The van der Waals surface area contributed by atoms with Crippen LogP contribution < -0.4 is 9.47 Å². The monoisotopic (exact) mass is 432 g/mol. The molecule has 0 bridgehead atoms. The predicted octanol–water partition coefficient (Wildman–Crippen LogP) is 1.53. The number of carbonyl (C=O) groups excluding carboxylic acids is 1. The van der Waals surface area contributed by atoms with Crippen molar-refractivity contribution in [2.45, 2.75) is 25.0 Å². The quantitative estimate of drug-likeness (QED) is 0.420. The summed E-state index contributed by atoms with van der Waals surface area (Å²) in [5.41, 5.74) is 0.604. The third-order valence-electron chi connectivity index (χ3n) is 5.74. The molecule has 8 nitrogen and oxygen atoms in total. The van der Waals surface area contributed by atoms with E-state index in [9.17, 15) is 9.90 Å². The van der Waals surface area contributed by atoms with E-state index in [1.807, 2.05) is 4.90 Å². The van der Waals surface area contributed by atoms with Crippen LogP contribution in [0.1, 0.15) is 23.2 Å². The van der Waals surface area contributed by atoms with Crippen LogP contribution in [0, 0.1) is 5.92 Å².